The van der Waals surface area contributed by atoms with Crippen LogP contribution >= 0.6 is 0 Å². The van der Waals surface area contributed by atoms with E-state index in [9.17, 15) is 0 Å². The van der Waals surface area contributed by atoms with Crippen molar-refractivity contribution in [3.63, 3.8) is 0 Å². The lowest BCUT2D eigenvalue weighted by atomic mass is 9.99. The summed E-state index contributed by atoms with van der Waals surface area (Å²) in [6.45, 7) is 9.28. The normalized spacial score (nSPS) is 15.2. The van der Waals surface area contributed by atoms with E-state index in [2.05, 4.69) is 26.1 Å². The first-order chi connectivity index (χ1) is 7.24. The third-order valence-corrected chi connectivity index (χ3v) is 2.94. The molecule has 0 aliphatic heterocycles. The maximum atomic E-state index is 8.93. The number of aliphatic hydroxyl groups is 1. The van der Waals surface area contributed by atoms with Gasteiger partial charge in [0.2, 0.25) is 0 Å². The van der Waals surface area contributed by atoms with Gasteiger partial charge in [-0.3, -0.25) is 0 Å². The summed E-state index contributed by atoms with van der Waals surface area (Å²) < 4.78 is 0. The number of nitrogens with one attached hydrogen (secondary N) is 1. The number of hydrogen-bond donors (Lipinski definition) is 2. The van der Waals surface area contributed by atoms with Crippen LogP contribution in [0.15, 0.2) is 0 Å². The van der Waals surface area contributed by atoms with Crippen molar-refractivity contribution in [1.29, 1.82) is 0 Å². The second-order valence-corrected chi connectivity index (χ2v) is 4.72. The highest BCUT2D eigenvalue weighted by atomic mass is 16.3. The predicted molar refractivity (Wildman–Crippen MR) is 67.0 cm³/mol. The molecule has 0 amide bonds. The Morgan fingerprint density at radius 3 is 2.20 bits per heavy atom. The van der Waals surface area contributed by atoms with Gasteiger partial charge < -0.3 is 10.4 Å². The lowest BCUT2D eigenvalue weighted by Gasteiger charge is -2.17. The van der Waals surface area contributed by atoms with Crippen LogP contribution in [0, 0.1) is 11.8 Å². The van der Waals surface area contributed by atoms with Crippen molar-refractivity contribution in [2.75, 3.05) is 19.7 Å². The summed E-state index contributed by atoms with van der Waals surface area (Å²) in [5, 5.41) is 12.5. The Morgan fingerprint density at radius 1 is 1.00 bits per heavy atom. The first-order valence-electron chi connectivity index (χ1n) is 6.56. The van der Waals surface area contributed by atoms with E-state index in [1.807, 2.05) is 0 Å². The van der Waals surface area contributed by atoms with E-state index in [0.29, 0.717) is 12.5 Å². The third-order valence-electron chi connectivity index (χ3n) is 2.94. The lowest BCUT2D eigenvalue weighted by Crippen LogP contribution is -2.27. The van der Waals surface area contributed by atoms with Crippen molar-refractivity contribution in [3.05, 3.63) is 0 Å². The van der Waals surface area contributed by atoms with E-state index in [4.69, 9.17) is 5.11 Å². The van der Waals surface area contributed by atoms with Crippen LogP contribution in [-0.4, -0.2) is 24.8 Å². The maximum Gasteiger partial charge on any atom is 0.0434 e. The molecule has 15 heavy (non-hydrogen) atoms. The summed E-state index contributed by atoms with van der Waals surface area (Å²) in [7, 11) is 0. The van der Waals surface area contributed by atoms with Crippen molar-refractivity contribution in [2.24, 2.45) is 11.8 Å². The summed E-state index contributed by atoms with van der Waals surface area (Å²) in [4.78, 5) is 0. The van der Waals surface area contributed by atoms with Gasteiger partial charge in [0.15, 0.2) is 0 Å². The first kappa shape index (κ1) is 14.9. The molecule has 0 aromatic carbocycles. The van der Waals surface area contributed by atoms with Crippen LogP contribution in [0.5, 0.6) is 0 Å². The summed E-state index contributed by atoms with van der Waals surface area (Å²) in [5.74, 6) is 1.44. The topological polar surface area (TPSA) is 32.3 Å². The summed E-state index contributed by atoms with van der Waals surface area (Å²) in [6, 6.07) is 0. The lowest BCUT2D eigenvalue weighted by molar-refractivity contribution is 0.246. The number of aliphatic hydroxyl groups excluding tert-OH is 1. The highest BCUT2D eigenvalue weighted by Gasteiger charge is 2.07. The molecule has 2 unspecified atom stereocenters. The Kier molecular flexibility index (Phi) is 10.4. The van der Waals surface area contributed by atoms with E-state index in [0.717, 1.165) is 25.4 Å². The molecular weight excluding hydrogens is 186 g/mol. The molecule has 0 rings (SSSR count). The molecule has 0 radical (unpaired) electrons. The van der Waals surface area contributed by atoms with Gasteiger partial charge in [-0.15, -0.1) is 0 Å². The SMILES string of the molecule is CCCC(C)CNCC(CCC)CCO. The molecule has 0 aliphatic rings. The van der Waals surface area contributed by atoms with Gasteiger partial charge in [-0.2, -0.15) is 0 Å². The Bertz CT molecular complexity index is 122. The molecule has 0 saturated carbocycles. The van der Waals surface area contributed by atoms with E-state index in [1.165, 1.54) is 25.7 Å². The molecule has 0 aromatic rings. The number of hydrogen-bond acceptors (Lipinski definition) is 2. The third kappa shape index (κ3) is 8.88. The highest BCUT2D eigenvalue weighted by Crippen LogP contribution is 2.10. The van der Waals surface area contributed by atoms with Crippen molar-refractivity contribution in [3.8, 4) is 0 Å². The molecule has 92 valence electrons. The smallest absolute Gasteiger partial charge is 0.0434 e. The van der Waals surface area contributed by atoms with Crippen LogP contribution in [0.1, 0.15) is 52.9 Å². The van der Waals surface area contributed by atoms with Crippen LogP contribution in [0.4, 0.5) is 0 Å². The molecular formula is C13H29NO. The van der Waals surface area contributed by atoms with Crippen molar-refractivity contribution < 1.29 is 5.11 Å². The molecule has 0 aromatic heterocycles. The monoisotopic (exact) mass is 215 g/mol. The summed E-state index contributed by atoms with van der Waals surface area (Å²) >= 11 is 0. The van der Waals surface area contributed by atoms with Crippen LogP contribution in [-0.2, 0) is 0 Å². The van der Waals surface area contributed by atoms with Crippen LogP contribution in [0.3, 0.4) is 0 Å². The fourth-order valence-electron chi connectivity index (χ4n) is 2.07. The van der Waals surface area contributed by atoms with Crippen LogP contribution in [0.25, 0.3) is 0 Å². The molecule has 2 N–H and O–H groups in total. The molecule has 2 atom stereocenters. The van der Waals surface area contributed by atoms with E-state index in [1.54, 1.807) is 0 Å². The molecule has 0 fully saturated rings. The molecule has 0 bridgehead atoms. The average Bonchev–Trinajstić information content (AvgIpc) is 2.19. The average molecular weight is 215 g/mol. The van der Waals surface area contributed by atoms with Gasteiger partial charge in [0.05, 0.1) is 0 Å². The number of rotatable bonds is 10. The molecule has 0 heterocycles. The van der Waals surface area contributed by atoms with E-state index < -0.39 is 0 Å². The van der Waals surface area contributed by atoms with Crippen LogP contribution < -0.4 is 5.32 Å². The minimum absolute atomic E-state index is 0.330. The fourth-order valence-corrected chi connectivity index (χ4v) is 2.07. The predicted octanol–water partition coefficient (Wildman–Crippen LogP) is 2.81. The van der Waals surface area contributed by atoms with Gasteiger partial charge in [-0.1, -0.05) is 33.6 Å². The minimum Gasteiger partial charge on any atom is -0.396 e. The Labute approximate surface area is 95.5 Å². The molecule has 0 saturated heterocycles. The second-order valence-electron chi connectivity index (χ2n) is 4.72. The molecule has 2 nitrogen and oxygen atoms in total. The van der Waals surface area contributed by atoms with Crippen LogP contribution in [0.2, 0.25) is 0 Å². The molecule has 2 heteroatoms. The van der Waals surface area contributed by atoms with Crippen molar-refractivity contribution >= 4 is 0 Å². The first-order valence-corrected chi connectivity index (χ1v) is 6.56. The van der Waals surface area contributed by atoms with E-state index in [-0.39, 0.29) is 0 Å². The minimum atomic E-state index is 0.330. The Morgan fingerprint density at radius 2 is 1.67 bits per heavy atom. The Balaban J connectivity index is 3.51. The summed E-state index contributed by atoms with van der Waals surface area (Å²) in [5.41, 5.74) is 0. The second kappa shape index (κ2) is 10.4. The zero-order valence-electron chi connectivity index (χ0n) is 10.8. The zero-order chi connectivity index (χ0) is 11.5. The van der Waals surface area contributed by atoms with Gasteiger partial charge >= 0.3 is 0 Å². The zero-order valence-corrected chi connectivity index (χ0v) is 10.8. The van der Waals surface area contributed by atoms with Crippen molar-refractivity contribution in [2.45, 2.75) is 52.9 Å². The standard InChI is InChI=1S/C13H29NO/c1-4-6-12(3)10-14-11-13(7-5-2)8-9-15/h12-15H,4-11H2,1-3H3. The molecule has 0 spiro atoms. The van der Waals surface area contributed by atoms with Gasteiger partial charge in [0, 0.05) is 6.61 Å². The quantitative estimate of drug-likeness (QED) is 0.587. The van der Waals surface area contributed by atoms with Gasteiger partial charge in [-0.25, -0.2) is 0 Å². The maximum absolute atomic E-state index is 8.93. The largest absolute Gasteiger partial charge is 0.396 e. The van der Waals surface area contributed by atoms with Gasteiger partial charge in [0.1, 0.15) is 0 Å². The van der Waals surface area contributed by atoms with Gasteiger partial charge in [0.25, 0.3) is 0 Å². The summed E-state index contributed by atoms with van der Waals surface area (Å²) in [6.07, 6.45) is 5.99. The molecule has 0 aliphatic carbocycles. The Hall–Kier alpha value is -0.0800. The fraction of sp³-hybridized carbons (Fsp3) is 1.00. The van der Waals surface area contributed by atoms with E-state index >= 15 is 0 Å². The van der Waals surface area contributed by atoms with Crippen molar-refractivity contribution in [1.82, 2.24) is 5.32 Å². The van der Waals surface area contributed by atoms with Gasteiger partial charge in [-0.05, 0) is 44.2 Å². The highest BCUT2D eigenvalue weighted by molar-refractivity contribution is 4.64.